The largest absolute Gasteiger partial charge is 0.461 e. The maximum absolute atomic E-state index is 12.1. The molecule has 0 radical (unpaired) electrons. The summed E-state index contributed by atoms with van der Waals surface area (Å²) < 4.78 is 15.9. The first-order valence-corrected chi connectivity index (χ1v) is 8.50. The fourth-order valence-electron chi connectivity index (χ4n) is 3.20. The Bertz CT molecular complexity index is 659. The Morgan fingerprint density at radius 3 is 2.65 bits per heavy atom. The van der Waals surface area contributed by atoms with Crippen molar-refractivity contribution in [3.05, 3.63) is 35.5 Å². The van der Waals surface area contributed by atoms with Crippen molar-refractivity contribution in [2.45, 2.75) is 45.3 Å². The van der Waals surface area contributed by atoms with Crippen LogP contribution in [0.2, 0.25) is 0 Å². The molecule has 142 valence electrons. The van der Waals surface area contributed by atoms with E-state index in [1.54, 1.807) is 6.08 Å². The molecule has 1 aliphatic carbocycles. The van der Waals surface area contributed by atoms with Gasteiger partial charge in [0.15, 0.2) is 0 Å². The smallest absolute Gasteiger partial charge is 0.334 e. The van der Waals surface area contributed by atoms with Crippen molar-refractivity contribution in [2.75, 3.05) is 13.2 Å². The number of aliphatic hydroxyl groups excluding tert-OH is 1. The Kier molecular flexibility index (Phi) is 6.74. The highest BCUT2D eigenvalue weighted by atomic mass is 16.6. The normalized spacial score (nSPS) is 26.2. The van der Waals surface area contributed by atoms with E-state index in [1.807, 2.05) is 6.08 Å². The minimum Gasteiger partial charge on any atom is -0.461 e. The minimum absolute atomic E-state index is 0.0864. The van der Waals surface area contributed by atoms with Gasteiger partial charge in [-0.25, -0.2) is 4.79 Å². The summed E-state index contributed by atoms with van der Waals surface area (Å²) in [5.41, 5.74) is 1.72. The van der Waals surface area contributed by atoms with Gasteiger partial charge in [0, 0.05) is 25.8 Å². The SMILES string of the molecule is C=C1C(=O)OC2C=C(COC(C)=O)CCC=C(CO)CC(OC(C)=O)C12. The lowest BCUT2D eigenvalue weighted by Crippen LogP contribution is -2.33. The van der Waals surface area contributed by atoms with Crippen LogP contribution in [0.1, 0.15) is 33.1 Å². The number of fused-ring (bicyclic) bond motifs is 1. The number of ether oxygens (including phenoxy) is 3. The van der Waals surface area contributed by atoms with Gasteiger partial charge in [0.25, 0.3) is 0 Å². The zero-order valence-electron chi connectivity index (χ0n) is 15.0. The number of hydrogen-bond donors (Lipinski definition) is 1. The summed E-state index contributed by atoms with van der Waals surface area (Å²) in [6.07, 6.45) is 3.77. The van der Waals surface area contributed by atoms with Crippen LogP contribution in [0.3, 0.4) is 0 Å². The molecule has 0 bridgehead atoms. The van der Waals surface area contributed by atoms with Crippen LogP contribution in [0.5, 0.6) is 0 Å². The third kappa shape index (κ3) is 5.05. The summed E-state index contributed by atoms with van der Waals surface area (Å²) in [4.78, 5) is 34.7. The van der Waals surface area contributed by atoms with E-state index >= 15 is 0 Å². The van der Waals surface area contributed by atoms with Crippen LogP contribution < -0.4 is 0 Å². The first kappa shape index (κ1) is 19.9. The first-order chi connectivity index (χ1) is 12.3. The molecule has 7 heteroatoms. The van der Waals surface area contributed by atoms with E-state index in [2.05, 4.69) is 6.58 Å². The second kappa shape index (κ2) is 8.80. The number of esters is 3. The molecule has 1 fully saturated rings. The molecule has 0 spiro atoms. The molecule has 0 aromatic carbocycles. The molecule has 3 unspecified atom stereocenters. The van der Waals surface area contributed by atoms with Crippen molar-refractivity contribution in [3.63, 3.8) is 0 Å². The van der Waals surface area contributed by atoms with E-state index in [0.717, 1.165) is 5.57 Å². The summed E-state index contributed by atoms with van der Waals surface area (Å²) >= 11 is 0. The van der Waals surface area contributed by atoms with Crippen molar-refractivity contribution in [1.82, 2.24) is 0 Å². The van der Waals surface area contributed by atoms with Gasteiger partial charge in [0.2, 0.25) is 0 Å². The molecule has 0 aromatic rings. The maximum atomic E-state index is 12.1. The molecule has 1 heterocycles. The molecule has 0 aromatic heterocycles. The van der Waals surface area contributed by atoms with Crippen molar-refractivity contribution in [2.24, 2.45) is 5.92 Å². The predicted molar refractivity (Wildman–Crippen MR) is 91.8 cm³/mol. The number of allylic oxidation sites excluding steroid dienone is 1. The summed E-state index contributed by atoms with van der Waals surface area (Å²) in [5.74, 6) is -2.00. The Hall–Kier alpha value is -2.41. The van der Waals surface area contributed by atoms with Crippen LogP contribution in [-0.4, -0.2) is 48.4 Å². The minimum atomic E-state index is -0.681. The highest BCUT2D eigenvalue weighted by molar-refractivity contribution is 5.91. The average Bonchev–Trinajstić information content (AvgIpc) is 2.84. The van der Waals surface area contributed by atoms with Crippen LogP contribution in [0.25, 0.3) is 0 Å². The second-order valence-corrected chi connectivity index (χ2v) is 6.44. The van der Waals surface area contributed by atoms with Crippen LogP contribution in [0.15, 0.2) is 35.5 Å². The van der Waals surface area contributed by atoms with Gasteiger partial charge in [-0.3, -0.25) is 9.59 Å². The summed E-state index contributed by atoms with van der Waals surface area (Å²) in [6.45, 7) is 6.31. The highest BCUT2D eigenvalue weighted by Gasteiger charge is 2.44. The monoisotopic (exact) mass is 364 g/mol. The van der Waals surface area contributed by atoms with E-state index < -0.39 is 36.0 Å². The molecule has 2 aliphatic rings. The lowest BCUT2D eigenvalue weighted by atomic mass is 9.85. The Labute approximate surface area is 152 Å². The van der Waals surface area contributed by atoms with Gasteiger partial charge in [0.05, 0.1) is 12.5 Å². The topological polar surface area (TPSA) is 99.1 Å². The van der Waals surface area contributed by atoms with Gasteiger partial charge >= 0.3 is 17.9 Å². The summed E-state index contributed by atoms with van der Waals surface area (Å²) in [7, 11) is 0. The number of hydrogen-bond acceptors (Lipinski definition) is 7. The standard InChI is InChI=1S/C19H24O7/c1-11-18-16(25-13(3)22)7-14(9-20)5-4-6-15(10-24-12(2)21)8-17(18)26-19(11)23/h5,8,16-18,20H,1,4,6-7,9-10H2,2-3H3. The Morgan fingerprint density at radius 1 is 1.31 bits per heavy atom. The van der Waals surface area contributed by atoms with E-state index in [4.69, 9.17) is 14.2 Å². The second-order valence-electron chi connectivity index (χ2n) is 6.44. The van der Waals surface area contributed by atoms with E-state index in [9.17, 15) is 19.5 Å². The van der Waals surface area contributed by atoms with Gasteiger partial charge in [-0.05, 0) is 30.1 Å². The third-order valence-corrected chi connectivity index (χ3v) is 4.41. The molecule has 2 rings (SSSR count). The van der Waals surface area contributed by atoms with Gasteiger partial charge < -0.3 is 19.3 Å². The fraction of sp³-hybridized carbons (Fsp3) is 0.526. The number of carbonyl (C=O) groups is 3. The lowest BCUT2D eigenvalue weighted by Gasteiger charge is -2.27. The van der Waals surface area contributed by atoms with Crippen molar-refractivity contribution < 1.29 is 33.7 Å². The van der Waals surface area contributed by atoms with Crippen LogP contribution in [-0.2, 0) is 28.6 Å². The zero-order chi connectivity index (χ0) is 19.3. The van der Waals surface area contributed by atoms with Crippen LogP contribution >= 0.6 is 0 Å². The Balaban J connectivity index is 2.39. The molecule has 0 saturated carbocycles. The molecule has 3 atom stereocenters. The summed E-state index contributed by atoms with van der Waals surface area (Å²) in [5, 5.41) is 9.61. The maximum Gasteiger partial charge on any atom is 0.334 e. The highest BCUT2D eigenvalue weighted by Crippen LogP contribution is 2.36. The molecule has 1 aliphatic heterocycles. The molecule has 7 nitrogen and oxygen atoms in total. The van der Waals surface area contributed by atoms with E-state index in [0.29, 0.717) is 24.8 Å². The zero-order valence-corrected chi connectivity index (χ0v) is 15.0. The van der Waals surface area contributed by atoms with Crippen LogP contribution in [0.4, 0.5) is 0 Å². The number of aliphatic hydroxyl groups is 1. The third-order valence-electron chi connectivity index (χ3n) is 4.41. The van der Waals surface area contributed by atoms with Gasteiger partial charge in [-0.2, -0.15) is 0 Å². The molecule has 1 saturated heterocycles. The predicted octanol–water partition coefficient (Wildman–Crippen LogP) is 1.61. The molecule has 1 N–H and O–H groups in total. The molecular formula is C19H24O7. The Morgan fingerprint density at radius 2 is 2.04 bits per heavy atom. The number of rotatable bonds is 4. The molecule has 26 heavy (non-hydrogen) atoms. The molecule has 0 amide bonds. The van der Waals surface area contributed by atoms with E-state index in [-0.39, 0.29) is 18.8 Å². The van der Waals surface area contributed by atoms with Gasteiger partial charge in [0.1, 0.15) is 18.8 Å². The average molecular weight is 364 g/mol. The quantitative estimate of drug-likeness (QED) is 0.350. The number of carbonyl (C=O) groups excluding carboxylic acids is 3. The van der Waals surface area contributed by atoms with Gasteiger partial charge in [-0.1, -0.05) is 12.7 Å². The summed E-state index contributed by atoms with van der Waals surface area (Å²) in [6, 6.07) is 0. The molecular weight excluding hydrogens is 340 g/mol. The lowest BCUT2D eigenvalue weighted by molar-refractivity contribution is -0.149. The fourth-order valence-corrected chi connectivity index (χ4v) is 3.20. The van der Waals surface area contributed by atoms with Crippen molar-refractivity contribution in [3.8, 4) is 0 Å². The van der Waals surface area contributed by atoms with Crippen molar-refractivity contribution in [1.29, 1.82) is 0 Å². The van der Waals surface area contributed by atoms with Crippen molar-refractivity contribution >= 4 is 17.9 Å². The van der Waals surface area contributed by atoms with E-state index in [1.165, 1.54) is 13.8 Å². The first-order valence-electron chi connectivity index (χ1n) is 8.50. The van der Waals surface area contributed by atoms with Gasteiger partial charge in [-0.15, -0.1) is 0 Å². The van der Waals surface area contributed by atoms with Crippen LogP contribution in [0, 0.1) is 5.92 Å².